The lowest BCUT2D eigenvalue weighted by atomic mass is 10.0. The number of benzene rings is 2. The van der Waals surface area contributed by atoms with Gasteiger partial charge in [0.15, 0.2) is 5.96 Å². The summed E-state index contributed by atoms with van der Waals surface area (Å²) in [6.45, 7) is 2.01. The van der Waals surface area contributed by atoms with Crippen molar-refractivity contribution < 1.29 is 13.7 Å². The summed E-state index contributed by atoms with van der Waals surface area (Å²) in [7, 11) is 1.65. The molecule has 31 heavy (non-hydrogen) atoms. The third kappa shape index (κ3) is 7.10. The average Bonchev–Trinajstić information content (AvgIpc) is 2.74. The predicted molar refractivity (Wildman–Crippen MR) is 127 cm³/mol. The first-order valence-corrected chi connectivity index (χ1v) is 9.82. The molecular formula is C21H26F2IN5O2. The second kappa shape index (κ2) is 11.9. The van der Waals surface area contributed by atoms with Crippen LogP contribution in [0.5, 0.6) is 0 Å². The Kier molecular flexibility index (Phi) is 9.56. The van der Waals surface area contributed by atoms with Gasteiger partial charge in [-0.1, -0.05) is 18.2 Å². The molecule has 0 aromatic heterocycles. The molecule has 0 saturated carbocycles. The molecule has 1 aliphatic heterocycles. The van der Waals surface area contributed by atoms with Crippen LogP contribution >= 0.6 is 24.0 Å². The van der Waals surface area contributed by atoms with Gasteiger partial charge >= 0.3 is 0 Å². The Morgan fingerprint density at radius 1 is 1.26 bits per heavy atom. The molecule has 0 amide bonds. The number of nitro benzene ring substituents is 1. The molecule has 168 valence electrons. The van der Waals surface area contributed by atoms with E-state index in [4.69, 9.17) is 0 Å². The van der Waals surface area contributed by atoms with Crippen LogP contribution < -0.4 is 10.6 Å². The number of hydrogen-bond donors (Lipinski definition) is 2. The molecule has 2 N–H and O–H groups in total. The van der Waals surface area contributed by atoms with Crippen molar-refractivity contribution in [1.29, 1.82) is 0 Å². The molecule has 0 spiro atoms. The van der Waals surface area contributed by atoms with E-state index in [0.717, 1.165) is 24.9 Å². The second-order valence-electron chi connectivity index (χ2n) is 7.27. The summed E-state index contributed by atoms with van der Waals surface area (Å²) < 4.78 is 27.9. The fourth-order valence-corrected chi connectivity index (χ4v) is 3.58. The minimum absolute atomic E-state index is 0. The van der Waals surface area contributed by atoms with Crippen LogP contribution in [0, 0.1) is 21.7 Å². The van der Waals surface area contributed by atoms with Crippen molar-refractivity contribution in [3.63, 3.8) is 0 Å². The Labute approximate surface area is 197 Å². The van der Waals surface area contributed by atoms with Crippen LogP contribution in [0.3, 0.4) is 0 Å². The van der Waals surface area contributed by atoms with Gasteiger partial charge in [-0.25, -0.2) is 8.78 Å². The zero-order valence-electron chi connectivity index (χ0n) is 17.2. The first kappa shape index (κ1) is 24.9. The van der Waals surface area contributed by atoms with Crippen molar-refractivity contribution in [1.82, 2.24) is 15.5 Å². The average molecular weight is 545 g/mol. The Hall–Kier alpha value is -2.34. The minimum Gasteiger partial charge on any atom is -0.352 e. The fourth-order valence-electron chi connectivity index (χ4n) is 3.58. The SMILES string of the molecule is CN=C(NCc1cccc([N+](=O)[O-])c1)NC1CCCN(Cc2c(F)cccc2F)C1.I. The zero-order chi connectivity index (χ0) is 21.5. The first-order chi connectivity index (χ1) is 14.5. The van der Waals surface area contributed by atoms with Crippen molar-refractivity contribution >= 4 is 35.6 Å². The molecule has 10 heteroatoms. The highest BCUT2D eigenvalue weighted by Gasteiger charge is 2.22. The van der Waals surface area contributed by atoms with Crippen molar-refractivity contribution in [3.05, 3.63) is 75.3 Å². The molecule has 0 aliphatic carbocycles. The number of piperidine rings is 1. The smallest absolute Gasteiger partial charge is 0.269 e. The summed E-state index contributed by atoms with van der Waals surface area (Å²) in [6.07, 6.45) is 1.81. The normalized spacial score (nSPS) is 17.0. The molecule has 2 aromatic rings. The second-order valence-corrected chi connectivity index (χ2v) is 7.27. The molecule has 1 fully saturated rings. The highest BCUT2D eigenvalue weighted by atomic mass is 127. The van der Waals surface area contributed by atoms with Gasteiger partial charge in [-0.15, -0.1) is 24.0 Å². The highest BCUT2D eigenvalue weighted by molar-refractivity contribution is 14.0. The minimum atomic E-state index is -0.528. The van der Waals surface area contributed by atoms with E-state index >= 15 is 0 Å². The van der Waals surface area contributed by atoms with Gasteiger partial charge in [0.25, 0.3) is 5.69 Å². The van der Waals surface area contributed by atoms with E-state index in [1.54, 1.807) is 19.2 Å². The largest absolute Gasteiger partial charge is 0.352 e. The van der Waals surface area contributed by atoms with Crippen molar-refractivity contribution in [2.45, 2.75) is 32.0 Å². The summed E-state index contributed by atoms with van der Waals surface area (Å²) >= 11 is 0. The van der Waals surface area contributed by atoms with Crippen LogP contribution in [0.15, 0.2) is 47.5 Å². The molecule has 1 aliphatic rings. The maximum atomic E-state index is 14.0. The number of nitro groups is 1. The van der Waals surface area contributed by atoms with Gasteiger partial charge in [0.05, 0.1) is 4.92 Å². The molecule has 2 aromatic carbocycles. The van der Waals surface area contributed by atoms with Gasteiger partial charge in [0.1, 0.15) is 11.6 Å². The van der Waals surface area contributed by atoms with Crippen LogP contribution in [0.25, 0.3) is 0 Å². The maximum absolute atomic E-state index is 14.0. The Morgan fingerprint density at radius 2 is 1.97 bits per heavy atom. The molecule has 1 heterocycles. The molecule has 0 radical (unpaired) electrons. The van der Waals surface area contributed by atoms with Gasteiger partial charge in [0, 0.05) is 50.4 Å². The van der Waals surface area contributed by atoms with Crippen LogP contribution in [-0.4, -0.2) is 42.0 Å². The summed E-state index contributed by atoms with van der Waals surface area (Å²) in [4.78, 5) is 16.7. The predicted octanol–water partition coefficient (Wildman–Crippen LogP) is 3.82. The van der Waals surface area contributed by atoms with Gasteiger partial charge in [-0.2, -0.15) is 0 Å². The summed E-state index contributed by atoms with van der Waals surface area (Å²) in [6, 6.07) is 10.4. The van der Waals surface area contributed by atoms with Gasteiger partial charge in [-0.05, 0) is 37.1 Å². The van der Waals surface area contributed by atoms with Crippen LogP contribution in [0.1, 0.15) is 24.0 Å². The highest BCUT2D eigenvalue weighted by Crippen LogP contribution is 2.18. The van der Waals surface area contributed by atoms with E-state index in [-0.39, 0.29) is 47.8 Å². The Morgan fingerprint density at radius 3 is 2.65 bits per heavy atom. The summed E-state index contributed by atoms with van der Waals surface area (Å²) in [5, 5.41) is 17.4. The van der Waals surface area contributed by atoms with E-state index in [2.05, 4.69) is 15.6 Å². The number of non-ortho nitro benzene ring substituents is 1. The molecule has 7 nitrogen and oxygen atoms in total. The number of halogens is 3. The van der Waals surface area contributed by atoms with Crippen molar-refractivity contribution in [3.8, 4) is 0 Å². The number of likely N-dealkylation sites (tertiary alicyclic amines) is 1. The van der Waals surface area contributed by atoms with E-state index in [1.165, 1.54) is 30.3 Å². The van der Waals surface area contributed by atoms with Crippen LogP contribution in [-0.2, 0) is 13.1 Å². The number of hydrogen-bond acceptors (Lipinski definition) is 4. The lowest BCUT2D eigenvalue weighted by Crippen LogP contribution is -2.50. The molecule has 3 rings (SSSR count). The third-order valence-corrected chi connectivity index (χ3v) is 5.09. The molecule has 1 saturated heterocycles. The van der Waals surface area contributed by atoms with E-state index in [9.17, 15) is 18.9 Å². The van der Waals surface area contributed by atoms with E-state index < -0.39 is 16.6 Å². The topological polar surface area (TPSA) is 82.8 Å². The monoisotopic (exact) mass is 545 g/mol. The zero-order valence-corrected chi connectivity index (χ0v) is 19.5. The van der Waals surface area contributed by atoms with E-state index in [1.807, 2.05) is 4.90 Å². The van der Waals surface area contributed by atoms with Crippen LogP contribution in [0.4, 0.5) is 14.5 Å². The van der Waals surface area contributed by atoms with Crippen molar-refractivity contribution in [2.75, 3.05) is 20.1 Å². The van der Waals surface area contributed by atoms with Crippen molar-refractivity contribution in [2.24, 2.45) is 4.99 Å². The number of guanidine groups is 1. The Bertz CT molecular complexity index is 908. The summed E-state index contributed by atoms with van der Waals surface area (Å²) in [5.74, 6) is -0.482. The summed E-state index contributed by atoms with van der Waals surface area (Å²) in [5.41, 5.74) is 0.902. The maximum Gasteiger partial charge on any atom is 0.269 e. The Balaban J connectivity index is 0.00000341. The van der Waals surface area contributed by atoms with Crippen LogP contribution in [0.2, 0.25) is 0 Å². The third-order valence-electron chi connectivity index (χ3n) is 5.09. The number of nitrogens with one attached hydrogen (secondary N) is 2. The van der Waals surface area contributed by atoms with E-state index in [0.29, 0.717) is 19.0 Å². The standard InChI is InChI=1S/C21H25F2N5O2.HI/c1-24-21(25-12-15-5-2-7-17(11-15)28(29)30)26-16-6-4-10-27(13-16)14-18-19(22)8-3-9-20(18)23;/h2-3,5,7-9,11,16H,4,6,10,12-14H2,1H3,(H2,24,25,26);1H. The number of rotatable bonds is 6. The molecule has 1 atom stereocenters. The molecule has 1 unspecified atom stereocenters. The lowest BCUT2D eigenvalue weighted by molar-refractivity contribution is -0.384. The fraction of sp³-hybridized carbons (Fsp3) is 0.381. The van der Waals surface area contributed by atoms with Gasteiger partial charge in [0.2, 0.25) is 0 Å². The van der Waals surface area contributed by atoms with Gasteiger partial charge in [-0.3, -0.25) is 20.0 Å². The molecule has 0 bridgehead atoms. The van der Waals surface area contributed by atoms with Gasteiger partial charge < -0.3 is 10.6 Å². The first-order valence-electron chi connectivity index (χ1n) is 9.82. The quantitative estimate of drug-likeness (QED) is 0.190. The number of nitrogens with zero attached hydrogens (tertiary/aromatic N) is 3. The lowest BCUT2D eigenvalue weighted by Gasteiger charge is -2.34. The molecular weight excluding hydrogens is 519 g/mol. The number of aliphatic imine (C=N–C) groups is 1.